The molecule has 0 saturated heterocycles. The van der Waals surface area contributed by atoms with Crippen LogP contribution in [0.3, 0.4) is 0 Å². The molecule has 0 fully saturated rings. The Morgan fingerprint density at radius 3 is 2.65 bits per heavy atom. The number of aromatic nitrogens is 2. The van der Waals surface area contributed by atoms with Crippen LogP contribution >= 0.6 is 11.3 Å². The lowest BCUT2D eigenvalue weighted by Crippen LogP contribution is -2.28. The summed E-state index contributed by atoms with van der Waals surface area (Å²) in [6, 6.07) is 6.66. The smallest absolute Gasteiger partial charge is 0.321 e. The number of nitrogens with one attached hydrogen (secondary N) is 2. The molecule has 3 N–H and O–H groups in total. The fourth-order valence-electron chi connectivity index (χ4n) is 1.61. The van der Waals surface area contributed by atoms with Gasteiger partial charge >= 0.3 is 12.0 Å². The summed E-state index contributed by atoms with van der Waals surface area (Å²) in [7, 11) is 0. The van der Waals surface area contributed by atoms with E-state index in [2.05, 4.69) is 20.8 Å². The van der Waals surface area contributed by atoms with Gasteiger partial charge in [-0.2, -0.15) is 0 Å². The molecule has 2 rings (SSSR count). The molecule has 1 aromatic heterocycles. The molecule has 8 heteroatoms. The SMILES string of the molecule is O=C(O)Cc1ccccc1CNC(=O)Nc1nncs1. The number of anilines is 1. The van der Waals surface area contributed by atoms with E-state index in [-0.39, 0.29) is 13.0 Å². The number of aliphatic carboxylic acids is 1. The molecule has 2 aromatic rings. The number of rotatable bonds is 5. The van der Waals surface area contributed by atoms with Gasteiger partial charge in [0.25, 0.3) is 0 Å². The number of carboxylic acids is 1. The van der Waals surface area contributed by atoms with Gasteiger partial charge in [-0.25, -0.2) is 4.79 Å². The zero-order chi connectivity index (χ0) is 14.4. The Morgan fingerprint density at radius 1 is 1.25 bits per heavy atom. The van der Waals surface area contributed by atoms with E-state index in [4.69, 9.17) is 5.11 Å². The summed E-state index contributed by atoms with van der Waals surface area (Å²) in [4.78, 5) is 22.4. The first-order chi connectivity index (χ1) is 9.65. The van der Waals surface area contributed by atoms with Crippen LogP contribution < -0.4 is 10.6 Å². The Morgan fingerprint density at radius 2 is 2.00 bits per heavy atom. The first-order valence-corrected chi connectivity index (χ1v) is 6.62. The summed E-state index contributed by atoms with van der Waals surface area (Å²) in [6.07, 6.45) is -0.0735. The first-order valence-electron chi connectivity index (χ1n) is 5.75. The molecule has 104 valence electrons. The van der Waals surface area contributed by atoms with Gasteiger partial charge in [0.05, 0.1) is 6.42 Å². The zero-order valence-electron chi connectivity index (χ0n) is 10.4. The number of carbonyl (C=O) groups is 2. The van der Waals surface area contributed by atoms with E-state index in [1.807, 2.05) is 0 Å². The third-order valence-electron chi connectivity index (χ3n) is 2.48. The number of nitrogens with zero attached hydrogens (tertiary/aromatic N) is 2. The molecule has 0 aliphatic rings. The Labute approximate surface area is 118 Å². The van der Waals surface area contributed by atoms with Crippen molar-refractivity contribution in [3.05, 3.63) is 40.9 Å². The predicted molar refractivity (Wildman–Crippen MR) is 73.5 cm³/mol. The molecular formula is C12H12N4O3S. The fourth-order valence-corrected chi connectivity index (χ4v) is 2.05. The quantitative estimate of drug-likeness (QED) is 0.774. The van der Waals surface area contributed by atoms with Gasteiger partial charge in [-0.3, -0.25) is 10.1 Å². The monoisotopic (exact) mass is 292 g/mol. The van der Waals surface area contributed by atoms with Crippen molar-refractivity contribution < 1.29 is 14.7 Å². The van der Waals surface area contributed by atoms with E-state index in [0.29, 0.717) is 10.7 Å². The highest BCUT2D eigenvalue weighted by Crippen LogP contribution is 2.10. The topological polar surface area (TPSA) is 104 Å². The highest BCUT2D eigenvalue weighted by molar-refractivity contribution is 7.13. The van der Waals surface area contributed by atoms with E-state index in [1.54, 1.807) is 24.3 Å². The van der Waals surface area contributed by atoms with Gasteiger partial charge in [-0.1, -0.05) is 35.6 Å². The van der Waals surface area contributed by atoms with Gasteiger partial charge in [-0.05, 0) is 11.1 Å². The van der Waals surface area contributed by atoms with Crippen LogP contribution in [0.2, 0.25) is 0 Å². The molecule has 0 radical (unpaired) electrons. The van der Waals surface area contributed by atoms with Gasteiger partial charge in [0.1, 0.15) is 5.51 Å². The summed E-state index contributed by atoms with van der Waals surface area (Å²) >= 11 is 1.21. The largest absolute Gasteiger partial charge is 0.481 e. The maximum absolute atomic E-state index is 11.6. The second-order valence-electron chi connectivity index (χ2n) is 3.89. The van der Waals surface area contributed by atoms with Gasteiger partial charge in [0, 0.05) is 6.54 Å². The van der Waals surface area contributed by atoms with Gasteiger partial charge in [-0.15, -0.1) is 10.2 Å². The highest BCUT2D eigenvalue weighted by atomic mass is 32.1. The second-order valence-corrected chi connectivity index (χ2v) is 4.72. The average Bonchev–Trinajstić information content (AvgIpc) is 2.90. The lowest BCUT2D eigenvalue weighted by atomic mass is 10.0. The molecule has 1 heterocycles. The zero-order valence-corrected chi connectivity index (χ0v) is 11.2. The normalized spacial score (nSPS) is 10.0. The van der Waals surface area contributed by atoms with Crippen molar-refractivity contribution in [2.24, 2.45) is 0 Å². The van der Waals surface area contributed by atoms with Crippen LogP contribution in [0.25, 0.3) is 0 Å². The van der Waals surface area contributed by atoms with E-state index in [9.17, 15) is 9.59 Å². The molecule has 0 saturated carbocycles. The number of hydrogen-bond acceptors (Lipinski definition) is 5. The maximum atomic E-state index is 11.6. The minimum absolute atomic E-state index is 0.0735. The lowest BCUT2D eigenvalue weighted by Gasteiger charge is -2.09. The lowest BCUT2D eigenvalue weighted by molar-refractivity contribution is -0.136. The Kier molecular flexibility index (Phi) is 4.61. The molecule has 0 bridgehead atoms. The molecule has 0 unspecified atom stereocenters. The van der Waals surface area contributed by atoms with Crippen LogP contribution in [-0.2, 0) is 17.8 Å². The fraction of sp³-hybridized carbons (Fsp3) is 0.167. The molecule has 7 nitrogen and oxygen atoms in total. The Bertz CT molecular complexity index is 601. The van der Waals surface area contributed by atoms with Crippen LogP contribution in [-0.4, -0.2) is 27.3 Å². The number of carboxylic acid groups (broad SMARTS) is 1. The van der Waals surface area contributed by atoms with Crippen LogP contribution in [0.1, 0.15) is 11.1 Å². The maximum Gasteiger partial charge on any atom is 0.321 e. The van der Waals surface area contributed by atoms with Crippen molar-refractivity contribution in [2.45, 2.75) is 13.0 Å². The number of hydrogen-bond donors (Lipinski definition) is 3. The van der Waals surface area contributed by atoms with Gasteiger partial charge in [0.15, 0.2) is 0 Å². The number of urea groups is 1. The third kappa shape index (κ3) is 4.02. The van der Waals surface area contributed by atoms with Crippen molar-refractivity contribution in [1.82, 2.24) is 15.5 Å². The van der Waals surface area contributed by atoms with Crippen molar-refractivity contribution >= 4 is 28.5 Å². The first kappa shape index (κ1) is 13.9. The van der Waals surface area contributed by atoms with Crippen molar-refractivity contribution in [3.63, 3.8) is 0 Å². The summed E-state index contributed by atoms with van der Waals surface area (Å²) in [5, 5.41) is 21.7. The van der Waals surface area contributed by atoms with E-state index in [1.165, 1.54) is 16.8 Å². The second kappa shape index (κ2) is 6.62. The van der Waals surface area contributed by atoms with Crippen molar-refractivity contribution in [3.8, 4) is 0 Å². The Hall–Kier alpha value is -2.48. The van der Waals surface area contributed by atoms with Crippen LogP contribution in [0.5, 0.6) is 0 Å². The molecule has 0 spiro atoms. The summed E-state index contributed by atoms with van der Waals surface area (Å²) < 4.78 is 0. The molecule has 0 aliphatic heterocycles. The van der Waals surface area contributed by atoms with Crippen molar-refractivity contribution in [2.75, 3.05) is 5.32 Å². The summed E-state index contributed by atoms with van der Waals surface area (Å²) in [6.45, 7) is 0.244. The van der Waals surface area contributed by atoms with E-state index >= 15 is 0 Å². The highest BCUT2D eigenvalue weighted by Gasteiger charge is 2.08. The van der Waals surface area contributed by atoms with E-state index < -0.39 is 12.0 Å². The Balaban J connectivity index is 1.93. The van der Waals surface area contributed by atoms with Gasteiger partial charge < -0.3 is 10.4 Å². The summed E-state index contributed by atoms with van der Waals surface area (Å²) in [5.41, 5.74) is 2.95. The third-order valence-corrected chi connectivity index (χ3v) is 3.09. The average molecular weight is 292 g/mol. The molecule has 20 heavy (non-hydrogen) atoms. The minimum atomic E-state index is -0.907. The standard InChI is InChI=1S/C12H12N4O3S/c17-10(18)5-8-3-1-2-4-9(8)6-13-11(19)15-12-16-14-7-20-12/h1-4,7H,5-6H2,(H,17,18)(H2,13,15,16,19). The molecule has 0 atom stereocenters. The van der Waals surface area contributed by atoms with Crippen LogP contribution in [0.4, 0.5) is 9.93 Å². The predicted octanol–water partition coefficient (Wildman–Crippen LogP) is 1.49. The minimum Gasteiger partial charge on any atom is -0.481 e. The number of amides is 2. The van der Waals surface area contributed by atoms with Crippen LogP contribution in [0, 0.1) is 0 Å². The van der Waals surface area contributed by atoms with Crippen LogP contribution in [0.15, 0.2) is 29.8 Å². The number of carbonyl (C=O) groups excluding carboxylic acids is 1. The van der Waals surface area contributed by atoms with Crippen molar-refractivity contribution in [1.29, 1.82) is 0 Å². The molecule has 2 amide bonds. The van der Waals surface area contributed by atoms with E-state index in [0.717, 1.165) is 5.56 Å². The molecule has 1 aromatic carbocycles. The molecule has 0 aliphatic carbocycles. The number of benzene rings is 1. The summed E-state index contributed by atoms with van der Waals surface area (Å²) in [5.74, 6) is -0.907. The molecular weight excluding hydrogens is 280 g/mol. The van der Waals surface area contributed by atoms with Gasteiger partial charge in [0.2, 0.25) is 5.13 Å².